The number of benzene rings is 1. The molecule has 0 bridgehead atoms. The van der Waals surface area contributed by atoms with Gasteiger partial charge in [0.25, 0.3) is 11.5 Å². The van der Waals surface area contributed by atoms with E-state index in [1.807, 2.05) is 12.1 Å². The van der Waals surface area contributed by atoms with E-state index in [1.165, 1.54) is 30.3 Å². The van der Waals surface area contributed by atoms with Gasteiger partial charge < -0.3 is 10.1 Å². The number of nitrogens with zero attached hydrogens (tertiary/aromatic N) is 2. The molecule has 1 aromatic heterocycles. The van der Waals surface area contributed by atoms with Crippen LogP contribution in [0.2, 0.25) is 0 Å². The van der Waals surface area contributed by atoms with Crippen molar-refractivity contribution in [1.82, 2.24) is 15.1 Å². The minimum absolute atomic E-state index is 0.0496. The van der Waals surface area contributed by atoms with Gasteiger partial charge in [-0.3, -0.25) is 9.59 Å². The van der Waals surface area contributed by atoms with E-state index in [0.29, 0.717) is 13.2 Å². The second-order valence-electron chi connectivity index (χ2n) is 5.30. The zero-order chi connectivity index (χ0) is 15.5. The van der Waals surface area contributed by atoms with Crippen LogP contribution in [0.4, 0.5) is 0 Å². The third kappa shape index (κ3) is 3.07. The second-order valence-corrected chi connectivity index (χ2v) is 5.30. The predicted octanol–water partition coefficient (Wildman–Crippen LogP) is 0.652. The van der Waals surface area contributed by atoms with Crippen LogP contribution in [0.25, 0.3) is 0 Å². The van der Waals surface area contributed by atoms with Crippen LogP contribution in [0.3, 0.4) is 0 Å². The Morgan fingerprint density at radius 2 is 2.09 bits per heavy atom. The number of rotatable bonds is 3. The molecule has 1 aliphatic rings. The molecule has 0 fully saturated rings. The Morgan fingerprint density at radius 3 is 2.86 bits per heavy atom. The topological polar surface area (TPSA) is 73.2 Å². The molecule has 0 aliphatic carbocycles. The Bertz CT molecular complexity index is 754. The maximum Gasteiger partial charge on any atom is 0.271 e. The number of carbonyl (C=O) groups excluding carboxylic acids is 1. The highest BCUT2D eigenvalue weighted by molar-refractivity contribution is 5.91. The highest BCUT2D eigenvalue weighted by Crippen LogP contribution is 2.19. The average molecular weight is 299 g/mol. The molecule has 1 amide bonds. The van der Waals surface area contributed by atoms with Crippen molar-refractivity contribution < 1.29 is 9.53 Å². The minimum Gasteiger partial charge on any atom is -0.371 e. The van der Waals surface area contributed by atoms with Crippen molar-refractivity contribution in [2.24, 2.45) is 7.05 Å². The first-order valence-electron chi connectivity index (χ1n) is 7.14. The second kappa shape index (κ2) is 6.11. The zero-order valence-corrected chi connectivity index (χ0v) is 12.3. The molecule has 1 atom stereocenters. The fraction of sp³-hybridized carbons (Fsp3) is 0.312. The van der Waals surface area contributed by atoms with Crippen molar-refractivity contribution in [1.29, 1.82) is 0 Å². The molecule has 6 nitrogen and oxygen atoms in total. The Hall–Kier alpha value is -2.47. The smallest absolute Gasteiger partial charge is 0.271 e. The normalized spacial score (nSPS) is 16.9. The van der Waals surface area contributed by atoms with Crippen molar-refractivity contribution in [3.05, 3.63) is 63.6 Å². The van der Waals surface area contributed by atoms with E-state index < -0.39 is 0 Å². The quantitative estimate of drug-likeness (QED) is 0.903. The van der Waals surface area contributed by atoms with Gasteiger partial charge in [-0.05, 0) is 17.2 Å². The standard InChI is InChI=1S/C16H17N3O3/c1-19-15(20)7-6-14(18-19)16(21)17-9-13-8-11-4-2-3-5-12(11)10-22-13/h2-7,13H,8-10H2,1H3,(H,17,21). The third-order valence-corrected chi connectivity index (χ3v) is 3.72. The number of nitrogens with one attached hydrogen (secondary N) is 1. The number of aryl methyl sites for hydroxylation is 1. The van der Waals surface area contributed by atoms with Crippen LogP contribution in [0.5, 0.6) is 0 Å². The highest BCUT2D eigenvalue weighted by Gasteiger charge is 2.19. The van der Waals surface area contributed by atoms with E-state index in [0.717, 1.165) is 11.1 Å². The van der Waals surface area contributed by atoms with E-state index in [1.54, 1.807) is 0 Å². The van der Waals surface area contributed by atoms with E-state index in [9.17, 15) is 9.59 Å². The molecule has 114 valence electrons. The summed E-state index contributed by atoms with van der Waals surface area (Å²) >= 11 is 0. The average Bonchev–Trinajstić information content (AvgIpc) is 2.55. The Balaban J connectivity index is 1.60. The lowest BCUT2D eigenvalue weighted by molar-refractivity contribution is 0.0284. The fourth-order valence-electron chi connectivity index (χ4n) is 2.46. The molecule has 1 N–H and O–H groups in total. The number of ether oxygens (including phenoxy) is 1. The lowest BCUT2D eigenvalue weighted by Gasteiger charge is -2.25. The molecule has 22 heavy (non-hydrogen) atoms. The summed E-state index contributed by atoms with van der Waals surface area (Å²) in [6.45, 7) is 0.979. The summed E-state index contributed by atoms with van der Waals surface area (Å²) in [6, 6.07) is 10.9. The van der Waals surface area contributed by atoms with Gasteiger partial charge in [0.05, 0.1) is 12.7 Å². The predicted molar refractivity (Wildman–Crippen MR) is 80.5 cm³/mol. The summed E-state index contributed by atoms with van der Waals surface area (Å²) in [5.74, 6) is -0.307. The van der Waals surface area contributed by atoms with E-state index in [-0.39, 0.29) is 23.3 Å². The molecule has 6 heteroatoms. The molecule has 0 radical (unpaired) electrons. The van der Waals surface area contributed by atoms with E-state index in [2.05, 4.69) is 22.5 Å². The number of hydrogen-bond acceptors (Lipinski definition) is 4. The lowest BCUT2D eigenvalue weighted by atomic mass is 9.99. The minimum atomic E-state index is -0.307. The molecule has 0 saturated heterocycles. The van der Waals surface area contributed by atoms with Crippen molar-refractivity contribution >= 4 is 5.91 Å². The highest BCUT2D eigenvalue weighted by atomic mass is 16.5. The maximum atomic E-state index is 12.1. The Morgan fingerprint density at radius 1 is 1.32 bits per heavy atom. The number of aromatic nitrogens is 2. The summed E-state index contributed by atoms with van der Waals surface area (Å²) in [4.78, 5) is 23.3. The van der Waals surface area contributed by atoms with Crippen LogP contribution >= 0.6 is 0 Å². The van der Waals surface area contributed by atoms with Crippen LogP contribution in [-0.4, -0.2) is 28.3 Å². The molecule has 1 aliphatic heterocycles. The Labute approximate surface area is 127 Å². The van der Waals surface area contributed by atoms with Crippen LogP contribution in [-0.2, 0) is 24.8 Å². The van der Waals surface area contributed by atoms with Crippen molar-refractivity contribution in [3.63, 3.8) is 0 Å². The van der Waals surface area contributed by atoms with Gasteiger partial charge in [0.2, 0.25) is 0 Å². The molecule has 1 aromatic carbocycles. The van der Waals surface area contributed by atoms with Crippen molar-refractivity contribution in [2.75, 3.05) is 6.54 Å². The van der Waals surface area contributed by atoms with Crippen molar-refractivity contribution in [3.8, 4) is 0 Å². The van der Waals surface area contributed by atoms with Gasteiger partial charge in [0, 0.05) is 26.1 Å². The molecule has 2 heterocycles. The summed E-state index contributed by atoms with van der Waals surface area (Å²) in [6.07, 6.45) is 0.725. The van der Waals surface area contributed by atoms with Gasteiger partial charge in [0.1, 0.15) is 5.69 Å². The first kappa shape index (κ1) is 14.5. The first-order valence-corrected chi connectivity index (χ1v) is 7.14. The Kier molecular flexibility index (Phi) is 4.02. The van der Waals surface area contributed by atoms with Gasteiger partial charge in [-0.1, -0.05) is 24.3 Å². The number of amides is 1. The molecule has 3 rings (SSSR count). The van der Waals surface area contributed by atoms with Gasteiger partial charge in [-0.2, -0.15) is 5.10 Å². The molecule has 0 spiro atoms. The number of hydrogen-bond donors (Lipinski definition) is 1. The first-order chi connectivity index (χ1) is 10.6. The maximum absolute atomic E-state index is 12.1. The number of carbonyl (C=O) groups is 1. The molecular formula is C16H17N3O3. The monoisotopic (exact) mass is 299 g/mol. The molecule has 2 aromatic rings. The summed E-state index contributed by atoms with van der Waals surface area (Å²) < 4.78 is 6.88. The molecular weight excluding hydrogens is 282 g/mol. The van der Waals surface area contributed by atoms with Gasteiger partial charge >= 0.3 is 0 Å². The van der Waals surface area contributed by atoms with E-state index >= 15 is 0 Å². The van der Waals surface area contributed by atoms with Crippen molar-refractivity contribution in [2.45, 2.75) is 19.1 Å². The van der Waals surface area contributed by atoms with Gasteiger partial charge in [-0.15, -0.1) is 0 Å². The lowest BCUT2D eigenvalue weighted by Crippen LogP contribution is -2.37. The third-order valence-electron chi connectivity index (χ3n) is 3.72. The van der Waals surface area contributed by atoms with Crippen LogP contribution in [0.15, 0.2) is 41.2 Å². The fourth-order valence-corrected chi connectivity index (χ4v) is 2.46. The van der Waals surface area contributed by atoms with E-state index in [4.69, 9.17) is 4.74 Å². The summed E-state index contributed by atoms with van der Waals surface area (Å²) in [7, 11) is 1.51. The SMILES string of the molecule is Cn1nc(C(=O)NCC2Cc3ccccc3CO2)ccc1=O. The van der Waals surface area contributed by atoms with Gasteiger partial charge in [0.15, 0.2) is 0 Å². The summed E-state index contributed by atoms with van der Waals surface area (Å²) in [5.41, 5.74) is 2.43. The van der Waals surface area contributed by atoms with Crippen LogP contribution < -0.4 is 10.9 Å². The summed E-state index contributed by atoms with van der Waals surface area (Å²) in [5, 5.41) is 6.73. The van der Waals surface area contributed by atoms with Crippen LogP contribution in [0.1, 0.15) is 21.6 Å². The molecule has 0 saturated carbocycles. The zero-order valence-electron chi connectivity index (χ0n) is 12.3. The van der Waals surface area contributed by atoms with Gasteiger partial charge in [-0.25, -0.2) is 4.68 Å². The molecule has 1 unspecified atom stereocenters. The number of fused-ring (bicyclic) bond motifs is 1. The largest absolute Gasteiger partial charge is 0.371 e. The van der Waals surface area contributed by atoms with Crippen LogP contribution in [0, 0.1) is 0 Å².